The van der Waals surface area contributed by atoms with Crippen LogP contribution in [0.15, 0.2) is 59.0 Å². The summed E-state index contributed by atoms with van der Waals surface area (Å²) in [5, 5.41) is 16.6. The number of thiophene rings is 1. The number of hydrazone groups is 1. The van der Waals surface area contributed by atoms with Crippen LogP contribution in [-0.4, -0.2) is 32.9 Å². The van der Waals surface area contributed by atoms with E-state index in [0.29, 0.717) is 15.4 Å². The van der Waals surface area contributed by atoms with Crippen LogP contribution < -0.4 is 5.01 Å². The summed E-state index contributed by atoms with van der Waals surface area (Å²) < 4.78 is 67.9. The largest absolute Gasteiger partial charge is 0.433 e. The number of rotatable bonds is 4. The summed E-state index contributed by atoms with van der Waals surface area (Å²) >= 11 is 1.13. The molecule has 0 radical (unpaired) electrons. The highest BCUT2D eigenvalue weighted by atomic mass is 32.1. The molecular weight excluding hydrogens is 427 g/mol. The molecule has 0 aliphatic carbocycles. The predicted octanol–water partition coefficient (Wildman–Crippen LogP) is 4.79. The Bertz CT molecular complexity index is 1070. The molecule has 1 aliphatic heterocycles. The van der Waals surface area contributed by atoms with E-state index in [0.717, 1.165) is 17.4 Å². The van der Waals surface area contributed by atoms with E-state index in [2.05, 4.69) is 15.1 Å². The van der Waals surface area contributed by atoms with Gasteiger partial charge < -0.3 is 5.11 Å². The van der Waals surface area contributed by atoms with Gasteiger partial charge in [0.15, 0.2) is 5.69 Å². The maximum atomic E-state index is 13.8. The third-order valence-corrected chi connectivity index (χ3v) is 5.33. The zero-order valence-electron chi connectivity index (χ0n) is 15.0. The molecule has 1 aliphatic rings. The lowest BCUT2D eigenvalue weighted by Gasteiger charge is -2.30. The van der Waals surface area contributed by atoms with Crippen LogP contribution in [0, 0.1) is 0 Å². The van der Waals surface area contributed by atoms with Gasteiger partial charge in [0, 0.05) is 6.42 Å². The van der Waals surface area contributed by atoms with Gasteiger partial charge in [-0.05, 0) is 23.1 Å². The number of hydrogen-bond acceptors (Lipinski definition) is 6. The Morgan fingerprint density at radius 2 is 1.80 bits per heavy atom. The van der Waals surface area contributed by atoms with Gasteiger partial charge in [-0.1, -0.05) is 36.4 Å². The van der Waals surface area contributed by atoms with Gasteiger partial charge in [-0.3, -0.25) is 0 Å². The van der Waals surface area contributed by atoms with Crippen molar-refractivity contribution < 1.29 is 27.1 Å². The number of halogens is 5. The van der Waals surface area contributed by atoms with Crippen LogP contribution in [0.25, 0.3) is 10.6 Å². The predicted molar refractivity (Wildman–Crippen MR) is 101 cm³/mol. The van der Waals surface area contributed by atoms with Crippen molar-refractivity contribution in [3.8, 4) is 10.6 Å². The highest BCUT2D eigenvalue weighted by Crippen LogP contribution is 2.39. The zero-order valence-corrected chi connectivity index (χ0v) is 15.8. The average molecular weight is 440 g/mol. The van der Waals surface area contributed by atoms with E-state index >= 15 is 0 Å². The maximum Gasteiger partial charge on any atom is 0.433 e. The van der Waals surface area contributed by atoms with Gasteiger partial charge >= 0.3 is 6.18 Å². The molecule has 3 aromatic rings. The van der Waals surface area contributed by atoms with E-state index in [-0.39, 0.29) is 11.4 Å². The maximum absolute atomic E-state index is 13.8. The molecule has 0 spiro atoms. The molecule has 3 heterocycles. The zero-order chi connectivity index (χ0) is 21.5. The van der Waals surface area contributed by atoms with Crippen molar-refractivity contribution >= 4 is 23.0 Å². The first-order chi connectivity index (χ1) is 14.2. The van der Waals surface area contributed by atoms with Crippen molar-refractivity contribution in [1.82, 2.24) is 9.97 Å². The van der Waals surface area contributed by atoms with E-state index in [4.69, 9.17) is 0 Å². The fourth-order valence-corrected chi connectivity index (χ4v) is 3.65. The lowest BCUT2D eigenvalue weighted by molar-refractivity contribution is -0.141. The summed E-state index contributed by atoms with van der Waals surface area (Å²) in [6.45, 7) is 0. The highest BCUT2D eigenvalue weighted by molar-refractivity contribution is 7.13. The average Bonchev–Trinajstić information content (AvgIpc) is 3.36. The number of alkyl halides is 5. The Kier molecular flexibility index (Phi) is 5.02. The Hall–Kier alpha value is -2.92. The Morgan fingerprint density at radius 1 is 1.07 bits per heavy atom. The van der Waals surface area contributed by atoms with Gasteiger partial charge in [-0.2, -0.15) is 23.3 Å². The molecule has 11 heteroatoms. The molecule has 1 atom stereocenters. The van der Waals surface area contributed by atoms with Crippen molar-refractivity contribution in [3.63, 3.8) is 0 Å². The first-order valence-corrected chi connectivity index (χ1v) is 9.50. The molecule has 0 amide bonds. The lowest BCUT2D eigenvalue weighted by atomic mass is 10.0. The quantitative estimate of drug-likeness (QED) is 0.593. The van der Waals surface area contributed by atoms with Crippen molar-refractivity contribution in [1.29, 1.82) is 0 Å². The SMILES string of the molecule is OC1(C(F)F)CC(c2ccccc2)=NN1c1nc(-c2cccs2)cc(C(F)(F)F)n1. The van der Waals surface area contributed by atoms with Gasteiger partial charge in [0.25, 0.3) is 6.43 Å². The number of hydrogen-bond donors (Lipinski definition) is 1. The Morgan fingerprint density at radius 3 is 2.40 bits per heavy atom. The summed E-state index contributed by atoms with van der Waals surface area (Å²) in [5.41, 5.74) is -3.79. The highest BCUT2D eigenvalue weighted by Gasteiger charge is 2.51. The molecule has 5 nitrogen and oxygen atoms in total. The standard InChI is InChI=1S/C19H13F5N4OS/c20-16(21)18(29)10-13(11-5-2-1-3-6-11)27-28(18)17-25-12(14-7-4-8-30-14)9-15(26-17)19(22,23)24/h1-9,16,29H,10H2. The third kappa shape index (κ3) is 3.65. The minimum atomic E-state index is -4.85. The van der Waals surface area contributed by atoms with Gasteiger partial charge in [0.2, 0.25) is 11.7 Å². The molecule has 1 unspecified atom stereocenters. The first-order valence-electron chi connectivity index (χ1n) is 8.62. The van der Waals surface area contributed by atoms with Crippen LogP contribution in [0.1, 0.15) is 17.7 Å². The Labute approximate surface area is 171 Å². The second kappa shape index (κ2) is 7.40. The van der Waals surface area contributed by atoms with Gasteiger partial charge in [-0.15, -0.1) is 11.3 Å². The summed E-state index contributed by atoms with van der Waals surface area (Å²) in [4.78, 5) is 7.78. The van der Waals surface area contributed by atoms with E-state index < -0.39 is 36.4 Å². The molecule has 156 valence electrons. The minimum absolute atomic E-state index is 0.0806. The molecule has 1 aromatic carbocycles. The number of nitrogens with zero attached hydrogens (tertiary/aromatic N) is 4. The molecule has 0 saturated carbocycles. The molecule has 0 bridgehead atoms. The monoisotopic (exact) mass is 440 g/mol. The summed E-state index contributed by atoms with van der Waals surface area (Å²) in [6.07, 6.45) is -8.80. The van der Waals surface area contributed by atoms with Crippen LogP contribution in [0.4, 0.5) is 27.9 Å². The fraction of sp³-hybridized carbons (Fsp3) is 0.211. The molecule has 2 aromatic heterocycles. The molecular formula is C19H13F5N4OS. The molecule has 30 heavy (non-hydrogen) atoms. The summed E-state index contributed by atoms with van der Waals surface area (Å²) in [5.74, 6) is -0.762. The summed E-state index contributed by atoms with van der Waals surface area (Å²) in [6, 6.07) is 12.1. The van der Waals surface area contributed by atoms with E-state index in [9.17, 15) is 27.1 Å². The summed E-state index contributed by atoms with van der Waals surface area (Å²) in [7, 11) is 0. The van der Waals surface area contributed by atoms with E-state index in [1.165, 1.54) is 0 Å². The minimum Gasteiger partial charge on any atom is -0.364 e. The number of benzene rings is 1. The van der Waals surface area contributed by atoms with Crippen LogP contribution in [-0.2, 0) is 6.18 Å². The first kappa shape index (κ1) is 20.4. The van der Waals surface area contributed by atoms with E-state index in [1.807, 2.05) is 0 Å². The Balaban J connectivity index is 1.87. The smallest absolute Gasteiger partial charge is 0.364 e. The van der Waals surface area contributed by atoms with Crippen LogP contribution in [0.5, 0.6) is 0 Å². The molecule has 4 rings (SSSR count). The second-order valence-corrected chi connectivity index (χ2v) is 7.44. The number of anilines is 1. The lowest BCUT2D eigenvalue weighted by Crippen LogP contribution is -2.50. The van der Waals surface area contributed by atoms with Crippen molar-refractivity contribution in [2.45, 2.75) is 24.7 Å². The van der Waals surface area contributed by atoms with Crippen molar-refractivity contribution in [2.75, 3.05) is 5.01 Å². The van der Waals surface area contributed by atoms with Crippen molar-refractivity contribution in [2.24, 2.45) is 5.10 Å². The van der Waals surface area contributed by atoms with E-state index in [1.54, 1.807) is 47.8 Å². The van der Waals surface area contributed by atoms with Crippen LogP contribution in [0.3, 0.4) is 0 Å². The second-order valence-electron chi connectivity index (χ2n) is 6.49. The number of aromatic nitrogens is 2. The molecule has 0 fully saturated rings. The normalized spacial score (nSPS) is 19.4. The fourth-order valence-electron chi connectivity index (χ4n) is 2.97. The molecule has 1 N–H and O–H groups in total. The number of aliphatic hydroxyl groups is 1. The molecule has 0 saturated heterocycles. The topological polar surface area (TPSA) is 61.6 Å². The van der Waals surface area contributed by atoms with Crippen molar-refractivity contribution in [3.05, 3.63) is 65.2 Å². The van der Waals surface area contributed by atoms with Gasteiger partial charge in [-0.25, -0.2) is 18.7 Å². The van der Waals surface area contributed by atoms with Crippen LogP contribution >= 0.6 is 11.3 Å². The van der Waals surface area contributed by atoms with Gasteiger partial charge in [0.1, 0.15) is 0 Å². The van der Waals surface area contributed by atoms with Crippen LogP contribution in [0.2, 0.25) is 0 Å². The van der Waals surface area contributed by atoms with Gasteiger partial charge in [0.05, 0.1) is 16.3 Å². The third-order valence-electron chi connectivity index (χ3n) is 4.44.